The number of ether oxygens (including phenoxy) is 1. The van der Waals surface area contributed by atoms with E-state index in [0.717, 1.165) is 133 Å². The topological polar surface area (TPSA) is 38.5 Å². The quantitative estimate of drug-likeness (QED) is 0.128. The van der Waals surface area contributed by atoms with Crippen LogP contribution in [0.1, 0.15) is 74.9 Å². The number of benzene rings is 12. The van der Waals surface area contributed by atoms with Crippen molar-refractivity contribution >= 4 is 45.3 Å². The molecule has 94 heavy (non-hydrogen) atoms. The Balaban J connectivity index is 0.934. The van der Waals surface area contributed by atoms with Gasteiger partial charge in [0.25, 0.3) is 0 Å². The van der Waals surface area contributed by atoms with Gasteiger partial charge in [-0.1, -0.05) is 142 Å². The van der Waals surface area contributed by atoms with E-state index in [-0.39, 0.29) is 10.8 Å². The fraction of sp³-hybridized carbons (Fsp3) is 0.103. The average Bonchev–Trinajstić information content (AvgIpc) is 0.795. The van der Waals surface area contributed by atoms with Crippen molar-refractivity contribution in [3.63, 3.8) is 0 Å². The van der Waals surface area contributed by atoms with E-state index in [1.165, 1.54) is 5.56 Å². The molecule has 2 aromatic heterocycles. The molecule has 1 spiro atoms. The van der Waals surface area contributed by atoms with E-state index >= 15 is 0 Å². The van der Waals surface area contributed by atoms with Gasteiger partial charge in [0.05, 0.1) is 11.4 Å². The first-order valence-corrected chi connectivity index (χ1v) is 33.3. The molecule has 14 aromatic rings. The summed E-state index contributed by atoms with van der Waals surface area (Å²) in [6, 6.07) is 113. The second-order valence-corrected chi connectivity index (χ2v) is 27.5. The molecule has 0 bridgehead atoms. The molecular formula is C87H67N5OPt-2. The Morgan fingerprint density at radius 2 is 0.883 bits per heavy atom. The number of fused-ring (bicyclic) bond motifs is 9. The minimum atomic E-state index is -0.897. The molecule has 7 heteroatoms. The Morgan fingerprint density at radius 3 is 1.46 bits per heavy atom. The van der Waals surface area contributed by atoms with Gasteiger partial charge in [-0.05, 0) is 63.6 Å². The molecular weight excluding hydrogens is 1330 g/mol. The van der Waals surface area contributed by atoms with E-state index in [1.54, 1.807) is 0 Å². The summed E-state index contributed by atoms with van der Waals surface area (Å²) in [7, 11) is 0. The van der Waals surface area contributed by atoms with Crippen LogP contribution in [0.5, 0.6) is 11.5 Å². The van der Waals surface area contributed by atoms with Gasteiger partial charge >= 0.3 is 331 Å². The third kappa shape index (κ3) is 9.90. The Hall–Kier alpha value is -10.7. The molecule has 0 saturated heterocycles. The fourth-order valence-corrected chi connectivity index (χ4v) is 15.3. The Kier molecular flexibility index (Phi) is 14.4. The van der Waals surface area contributed by atoms with Crippen molar-refractivity contribution in [2.75, 3.05) is 9.80 Å². The molecule has 458 valence electrons. The normalized spacial score (nSPS) is 13.1. The van der Waals surface area contributed by atoms with Gasteiger partial charge in [0.1, 0.15) is 0 Å². The minimum absolute atomic E-state index is 0.163. The SMILES string of the molecule is CC(C)(C)c1cc(Oc2[c-]c3c(cc2)C2(c4ccccc4N3c3cc(C(C)(C)C)ccn3)c3ccc(-c4ccccc4)cc3N(c3ccccc3)c3cc(-c4ccccc4)ccc32)[c-]c(-n2[c](=[Pt])n(-c3c(-c4ccccc4)cccc3-c3ccccc3)c3ccccc32)c1. The van der Waals surface area contributed by atoms with E-state index in [4.69, 9.17) is 9.72 Å². The molecule has 6 nitrogen and oxygen atoms in total. The van der Waals surface area contributed by atoms with E-state index in [1.807, 2.05) is 6.20 Å². The fourth-order valence-electron chi connectivity index (χ4n) is 14.2. The van der Waals surface area contributed by atoms with Gasteiger partial charge < -0.3 is 4.90 Å². The van der Waals surface area contributed by atoms with Gasteiger partial charge in [0.2, 0.25) is 0 Å². The van der Waals surface area contributed by atoms with Gasteiger partial charge in [-0.3, -0.25) is 0 Å². The molecule has 12 aromatic carbocycles. The molecule has 0 unspecified atom stereocenters. The van der Waals surface area contributed by atoms with Crippen LogP contribution < -0.4 is 14.5 Å². The van der Waals surface area contributed by atoms with Crippen LogP contribution in [-0.2, 0) is 35.6 Å². The Morgan fingerprint density at radius 1 is 0.383 bits per heavy atom. The molecule has 0 atom stereocenters. The molecule has 0 aliphatic carbocycles. The summed E-state index contributed by atoms with van der Waals surface area (Å²) < 4.78 is 13.2. The molecule has 4 heterocycles. The monoisotopic (exact) mass is 1390 g/mol. The van der Waals surface area contributed by atoms with Gasteiger partial charge in [-0.2, -0.15) is 0 Å². The zero-order valence-electron chi connectivity index (χ0n) is 53.3. The van der Waals surface area contributed by atoms with Crippen LogP contribution in [0.25, 0.3) is 66.9 Å². The van der Waals surface area contributed by atoms with Crippen molar-refractivity contribution in [3.8, 4) is 67.4 Å². The first-order valence-electron chi connectivity index (χ1n) is 32.2. The number of hydrogen-bond acceptors (Lipinski definition) is 4. The average molecular weight is 1390 g/mol. The summed E-state index contributed by atoms with van der Waals surface area (Å²) in [5.41, 5.74) is 23.6. The van der Waals surface area contributed by atoms with Gasteiger partial charge in [0, 0.05) is 11.9 Å². The molecule has 2 aliphatic heterocycles. The van der Waals surface area contributed by atoms with Crippen molar-refractivity contribution < 1.29 is 24.1 Å². The van der Waals surface area contributed by atoms with Crippen LogP contribution in [0.15, 0.2) is 297 Å². The molecule has 0 saturated carbocycles. The number of nitrogens with zero attached hydrogens (tertiary/aromatic N) is 5. The summed E-state index contributed by atoms with van der Waals surface area (Å²) in [5.74, 6) is 1.92. The molecule has 0 N–H and O–H groups in total. The van der Waals surface area contributed by atoms with Gasteiger partial charge in [0.15, 0.2) is 0 Å². The predicted molar refractivity (Wildman–Crippen MR) is 382 cm³/mol. The van der Waals surface area contributed by atoms with E-state index in [2.05, 4.69) is 383 Å². The van der Waals surface area contributed by atoms with Crippen LogP contribution in [0.2, 0.25) is 0 Å². The van der Waals surface area contributed by atoms with E-state index < -0.39 is 5.41 Å². The van der Waals surface area contributed by atoms with Crippen LogP contribution in [-0.4, -0.2) is 14.1 Å². The number of hydrogen-bond donors (Lipinski definition) is 0. The third-order valence-electron chi connectivity index (χ3n) is 18.7. The van der Waals surface area contributed by atoms with Crippen molar-refractivity contribution in [1.82, 2.24) is 14.1 Å². The van der Waals surface area contributed by atoms with Crippen LogP contribution in [0.4, 0.5) is 34.3 Å². The van der Waals surface area contributed by atoms with Gasteiger partial charge in [-0.15, -0.1) is 0 Å². The predicted octanol–water partition coefficient (Wildman–Crippen LogP) is 22.5. The van der Waals surface area contributed by atoms with E-state index in [9.17, 15) is 0 Å². The number of rotatable bonds is 10. The van der Waals surface area contributed by atoms with Gasteiger partial charge in [-0.25, -0.2) is 0 Å². The summed E-state index contributed by atoms with van der Waals surface area (Å²) in [4.78, 5) is 10.1. The Bertz CT molecular complexity index is 5130. The Labute approximate surface area is 561 Å². The van der Waals surface area contributed by atoms with E-state index in [0.29, 0.717) is 11.5 Å². The van der Waals surface area contributed by atoms with Crippen LogP contribution >= 0.6 is 0 Å². The van der Waals surface area contributed by atoms with Crippen molar-refractivity contribution in [2.24, 2.45) is 0 Å². The molecule has 0 amide bonds. The molecule has 0 fully saturated rings. The standard InChI is InChI=1S/C87H67N5O.Pt/c1-85(2,3)65-49-50-88-83(55-65)92-77-40-23-22-39-73(77)87(74-46-43-63(59-27-12-7-13-28-59)51-80(74)91(67-35-20-11-21-36-67)81-52-64(44-47-75(81)87)60-29-14-8-15-30-60)76-48-45-69(57-82(76)92)93-70-54-66(86(4,5)6)53-68(56-70)89-58-90(79-42-25-24-41-78(79)89)84-71(61-31-16-9-17-32-61)37-26-38-72(84)62-33-18-10-19-34-62;/h7-55H,1-6H3;/q-2;. The number of aromatic nitrogens is 3. The van der Waals surface area contributed by atoms with Crippen molar-refractivity contribution in [3.05, 3.63) is 347 Å². The maximum atomic E-state index is 7.42. The summed E-state index contributed by atoms with van der Waals surface area (Å²) in [6.45, 7) is 13.6. The zero-order valence-corrected chi connectivity index (χ0v) is 55.5. The van der Waals surface area contributed by atoms with Crippen LogP contribution in [0, 0.1) is 15.9 Å². The maximum absolute atomic E-state index is 7.42. The first kappa shape index (κ1) is 58.4. The number of para-hydroxylation sites is 5. The number of pyridine rings is 1. The van der Waals surface area contributed by atoms with Crippen LogP contribution in [0.3, 0.4) is 0 Å². The zero-order chi connectivity index (χ0) is 63.9. The summed E-state index contributed by atoms with van der Waals surface area (Å²) in [6.07, 6.45) is 1.95. The summed E-state index contributed by atoms with van der Waals surface area (Å²) >= 11 is 2.53. The summed E-state index contributed by atoms with van der Waals surface area (Å²) in [5, 5.41) is 0. The number of imidazole rings is 1. The van der Waals surface area contributed by atoms with Crippen molar-refractivity contribution in [2.45, 2.75) is 57.8 Å². The number of anilines is 6. The second kappa shape index (κ2) is 23.2. The van der Waals surface area contributed by atoms with Crippen molar-refractivity contribution in [1.29, 1.82) is 0 Å². The third-order valence-corrected chi connectivity index (χ3v) is 19.7. The molecule has 2 aliphatic rings. The molecule has 0 radical (unpaired) electrons. The molecule has 16 rings (SSSR count). The first-order chi connectivity index (χ1) is 45.8. The second-order valence-electron chi connectivity index (χ2n) is 26.5.